The molecule has 1 atom stereocenters. The molecule has 46 valence electrons. The van der Waals surface area contributed by atoms with Crippen LogP contribution in [0.3, 0.4) is 0 Å². The smallest absolute Gasteiger partial charge is 0.0189 e. The minimum atomic E-state index is 0.686. The van der Waals surface area contributed by atoms with Crippen LogP contribution in [0.15, 0.2) is 17.9 Å². The third-order valence-electron chi connectivity index (χ3n) is 1.19. The molecule has 0 aliphatic heterocycles. The molecule has 0 aliphatic rings. The van der Waals surface area contributed by atoms with Gasteiger partial charge >= 0.3 is 0 Å². The van der Waals surface area contributed by atoms with Crippen LogP contribution in [-0.2, 0) is 0 Å². The summed E-state index contributed by atoms with van der Waals surface area (Å²) in [6.07, 6.45) is 5.24. The van der Waals surface area contributed by atoms with Gasteiger partial charge in [-0.25, -0.2) is 0 Å². The molecule has 0 rings (SSSR count). The summed E-state index contributed by atoms with van der Waals surface area (Å²) in [7, 11) is 0. The van der Waals surface area contributed by atoms with Gasteiger partial charge in [-0.3, -0.25) is 0 Å². The van der Waals surface area contributed by atoms with Gasteiger partial charge in [-0.05, 0) is 31.4 Å². The van der Waals surface area contributed by atoms with E-state index < -0.39 is 0 Å². The second-order valence-corrected chi connectivity index (χ2v) is 2.01. The van der Waals surface area contributed by atoms with Crippen LogP contribution < -0.4 is 0 Å². The van der Waals surface area contributed by atoms with Crippen molar-refractivity contribution >= 4 is 0 Å². The molecule has 0 aliphatic carbocycles. The maximum Gasteiger partial charge on any atom is -0.0189 e. The first kappa shape index (κ1) is 7.52. The van der Waals surface area contributed by atoms with Crippen molar-refractivity contribution in [3.8, 4) is 0 Å². The van der Waals surface area contributed by atoms with Crippen molar-refractivity contribution < 1.29 is 0 Å². The van der Waals surface area contributed by atoms with Crippen LogP contribution >= 0.6 is 0 Å². The molecule has 0 aromatic heterocycles. The van der Waals surface area contributed by atoms with Gasteiger partial charge in [0.15, 0.2) is 0 Å². The van der Waals surface area contributed by atoms with E-state index in [1.165, 1.54) is 6.42 Å². The maximum atomic E-state index is 3.05. The molecule has 0 bridgehead atoms. The van der Waals surface area contributed by atoms with E-state index in [1.54, 1.807) is 0 Å². The lowest BCUT2D eigenvalue weighted by molar-refractivity contribution is 0.699. The minimum absolute atomic E-state index is 0.686. The first-order valence-corrected chi connectivity index (χ1v) is 3.18. The summed E-state index contributed by atoms with van der Waals surface area (Å²) in [6.45, 7) is 6.36. The lowest BCUT2D eigenvalue weighted by atomic mass is 10.1. The third kappa shape index (κ3) is 3.70. The molecule has 0 aromatic carbocycles. The van der Waals surface area contributed by atoms with Crippen LogP contribution in [0.25, 0.3) is 0 Å². The van der Waals surface area contributed by atoms with E-state index in [0.717, 1.165) is 0 Å². The summed E-state index contributed by atoms with van der Waals surface area (Å²) in [5, 5.41) is 0. The van der Waals surface area contributed by atoms with Crippen molar-refractivity contribution in [1.82, 2.24) is 0 Å². The zero-order valence-electron chi connectivity index (χ0n) is 5.94. The van der Waals surface area contributed by atoms with Gasteiger partial charge in [-0.15, -0.1) is 5.73 Å². The van der Waals surface area contributed by atoms with Gasteiger partial charge < -0.3 is 0 Å². The van der Waals surface area contributed by atoms with E-state index in [1.807, 2.05) is 13.0 Å². The van der Waals surface area contributed by atoms with E-state index in [9.17, 15) is 0 Å². The molecule has 0 nitrogen and oxygen atoms in total. The summed E-state index contributed by atoms with van der Waals surface area (Å²) in [5.74, 6) is 0.686. The number of hydrogen-bond acceptors (Lipinski definition) is 0. The van der Waals surface area contributed by atoms with Crippen LogP contribution in [0.4, 0.5) is 0 Å². The van der Waals surface area contributed by atoms with Crippen molar-refractivity contribution in [3.05, 3.63) is 17.9 Å². The second-order valence-electron chi connectivity index (χ2n) is 2.01. The fraction of sp³-hybridized carbons (Fsp3) is 0.625. The molecule has 0 aromatic rings. The first-order valence-electron chi connectivity index (χ1n) is 3.18. The topological polar surface area (TPSA) is 0 Å². The lowest BCUT2D eigenvalue weighted by Gasteiger charge is -1.94. The summed E-state index contributed by atoms with van der Waals surface area (Å²) in [6, 6.07) is 0. The predicted octanol–water partition coefficient (Wildman–Crippen LogP) is 2.76. The largest absolute Gasteiger partial charge is 0.130 e. The summed E-state index contributed by atoms with van der Waals surface area (Å²) in [4.78, 5) is 0. The van der Waals surface area contributed by atoms with E-state index in [0.29, 0.717) is 5.92 Å². The Morgan fingerprint density at radius 3 is 2.62 bits per heavy atom. The number of hydrogen-bond donors (Lipinski definition) is 0. The van der Waals surface area contributed by atoms with Crippen molar-refractivity contribution in [2.75, 3.05) is 0 Å². The minimum Gasteiger partial charge on any atom is -0.130 e. The zero-order valence-corrected chi connectivity index (χ0v) is 5.94. The van der Waals surface area contributed by atoms with Crippen molar-refractivity contribution in [2.24, 2.45) is 5.92 Å². The molecular weight excluding hydrogens is 96.1 g/mol. The summed E-state index contributed by atoms with van der Waals surface area (Å²) in [5.41, 5.74) is 3.05. The van der Waals surface area contributed by atoms with Crippen LogP contribution in [-0.4, -0.2) is 0 Å². The fourth-order valence-corrected chi connectivity index (χ4v) is 0.378. The van der Waals surface area contributed by atoms with Gasteiger partial charge in [0.25, 0.3) is 0 Å². The number of rotatable bonds is 2. The zero-order chi connectivity index (χ0) is 6.41. The molecule has 0 spiro atoms. The Morgan fingerprint density at radius 1 is 1.62 bits per heavy atom. The van der Waals surface area contributed by atoms with Gasteiger partial charge in [-0.1, -0.05) is 13.8 Å². The fourth-order valence-electron chi connectivity index (χ4n) is 0.378. The monoisotopic (exact) mass is 110 g/mol. The Bertz CT molecular complexity index is 94.6. The molecule has 0 heteroatoms. The molecule has 0 saturated heterocycles. The Kier molecular flexibility index (Phi) is 4.39. The lowest BCUT2D eigenvalue weighted by Crippen LogP contribution is -1.81. The third-order valence-corrected chi connectivity index (χ3v) is 1.19. The molecule has 1 unspecified atom stereocenters. The summed E-state index contributed by atoms with van der Waals surface area (Å²) >= 11 is 0. The standard InChI is InChI=1S/C8H14/c1-4-6-7-8(3)5-2/h4,7-8H,5H2,1-3H3. The first-order chi connectivity index (χ1) is 3.81. The highest BCUT2D eigenvalue weighted by Crippen LogP contribution is 1.99. The van der Waals surface area contributed by atoms with E-state index in [2.05, 4.69) is 25.7 Å². The van der Waals surface area contributed by atoms with Crippen LogP contribution in [0, 0.1) is 5.92 Å². The number of allylic oxidation sites excluding steroid dienone is 1. The van der Waals surface area contributed by atoms with Gasteiger partial charge in [-0.2, -0.15) is 0 Å². The second kappa shape index (κ2) is 4.67. The van der Waals surface area contributed by atoms with E-state index in [-0.39, 0.29) is 0 Å². The van der Waals surface area contributed by atoms with Crippen molar-refractivity contribution in [3.63, 3.8) is 0 Å². The van der Waals surface area contributed by atoms with Crippen LogP contribution in [0.5, 0.6) is 0 Å². The average molecular weight is 110 g/mol. The molecular formula is C8H14. The van der Waals surface area contributed by atoms with Gasteiger partial charge in [0.2, 0.25) is 0 Å². The summed E-state index contributed by atoms with van der Waals surface area (Å²) < 4.78 is 0. The molecule has 0 saturated carbocycles. The van der Waals surface area contributed by atoms with Crippen molar-refractivity contribution in [2.45, 2.75) is 27.2 Å². The van der Waals surface area contributed by atoms with Gasteiger partial charge in [0.05, 0.1) is 0 Å². The Hall–Kier alpha value is -0.480. The quantitative estimate of drug-likeness (QED) is 0.479. The van der Waals surface area contributed by atoms with Gasteiger partial charge in [0, 0.05) is 0 Å². The highest BCUT2D eigenvalue weighted by Gasteiger charge is 1.86. The molecule has 8 heavy (non-hydrogen) atoms. The average Bonchev–Trinajstić information content (AvgIpc) is 1.83. The molecule has 0 heterocycles. The van der Waals surface area contributed by atoms with Crippen molar-refractivity contribution in [1.29, 1.82) is 0 Å². The van der Waals surface area contributed by atoms with Crippen LogP contribution in [0.1, 0.15) is 27.2 Å². The van der Waals surface area contributed by atoms with E-state index in [4.69, 9.17) is 0 Å². The Morgan fingerprint density at radius 2 is 2.25 bits per heavy atom. The molecule has 0 amide bonds. The predicted molar refractivity (Wildman–Crippen MR) is 37.8 cm³/mol. The molecule has 0 N–H and O–H groups in total. The Balaban J connectivity index is 3.52. The van der Waals surface area contributed by atoms with E-state index >= 15 is 0 Å². The Labute approximate surface area is 51.9 Å². The van der Waals surface area contributed by atoms with Gasteiger partial charge in [0.1, 0.15) is 0 Å². The highest BCUT2D eigenvalue weighted by atomic mass is 13.9. The molecule has 0 radical (unpaired) electrons. The normalized spacial score (nSPS) is 11.9. The molecule has 0 fully saturated rings. The SMILES string of the molecule is CC=C=CC(C)CC. The van der Waals surface area contributed by atoms with Crippen LogP contribution in [0.2, 0.25) is 0 Å². The highest BCUT2D eigenvalue weighted by molar-refractivity contribution is 4.85. The maximum absolute atomic E-state index is 3.05.